The number of hydrogen-bond donors (Lipinski definition) is 2. The molecule has 2 heterocycles. The number of nitrogens with two attached hydrogens (primary N) is 1. The summed E-state index contributed by atoms with van der Waals surface area (Å²) in [5.74, 6) is 0.598. The zero-order valence-electron chi connectivity index (χ0n) is 9.92. The third-order valence-corrected chi connectivity index (χ3v) is 2.70. The van der Waals surface area contributed by atoms with E-state index in [1.54, 1.807) is 6.20 Å². The molecule has 0 aliphatic carbocycles. The van der Waals surface area contributed by atoms with E-state index in [0.29, 0.717) is 0 Å². The summed E-state index contributed by atoms with van der Waals surface area (Å²) in [5.41, 5.74) is 6.21. The van der Waals surface area contributed by atoms with Crippen LogP contribution in [-0.4, -0.2) is 21.3 Å². The number of nitrogens with zero attached hydrogens (tertiary/aromatic N) is 2. The lowest BCUT2D eigenvalue weighted by Gasteiger charge is -2.20. The molecular weight excluding hydrogens is 216 g/mol. The Kier molecular flexibility index (Phi) is 2.99. The molecule has 17 heavy (non-hydrogen) atoms. The number of rotatable bonds is 4. The average molecular weight is 232 g/mol. The second-order valence-corrected chi connectivity index (χ2v) is 4.33. The molecule has 0 saturated carbocycles. The molecule has 0 aliphatic heterocycles. The first-order valence-electron chi connectivity index (χ1n) is 5.57. The van der Waals surface area contributed by atoms with E-state index < -0.39 is 0 Å². The van der Waals surface area contributed by atoms with Crippen LogP contribution >= 0.6 is 0 Å². The highest BCUT2D eigenvalue weighted by Gasteiger charge is 2.19. The van der Waals surface area contributed by atoms with Crippen molar-refractivity contribution in [2.24, 2.45) is 11.7 Å². The summed E-state index contributed by atoms with van der Waals surface area (Å²) in [5, 5.41) is 3.16. The molecule has 1 atom stereocenters. The monoisotopic (exact) mass is 232 g/mol. The van der Waals surface area contributed by atoms with Crippen LogP contribution in [0, 0.1) is 5.92 Å². The van der Waals surface area contributed by atoms with Crippen LogP contribution in [-0.2, 0) is 4.79 Å². The minimum atomic E-state index is -0.386. The van der Waals surface area contributed by atoms with Gasteiger partial charge in [-0.05, 0) is 18.1 Å². The minimum absolute atomic E-state index is 0.131. The zero-order chi connectivity index (χ0) is 12.4. The van der Waals surface area contributed by atoms with E-state index in [0.717, 1.165) is 11.5 Å². The molecule has 5 nitrogen and oxygen atoms in total. The van der Waals surface area contributed by atoms with Crippen molar-refractivity contribution in [3.05, 3.63) is 30.6 Å². The van der Waals surface area contributed by atoms with Gasteiger partial charge in [0.25, 0.3) is 0 Å². The van der Waals surface area contributed by atoms with Gasteiger partial charge in [-0.1, -0.05) is 19.9 Å². The maximum Gasteiger partial charge on any atom is 0.240 e. The lowest BCUT2D eigenvalue weighted by molar-refractivity contribution is -0.119. The van der Waals surface area contributed by atoms with E-state index in [1.165, 1.54) is 0 Å². The molecule has 0 saturated heterocycles. The quantitative estimate of drug-likeness (QED) is 0.833. The number of aromatic nitrogens is 2. The van der Waals surface area contributed by atoms with Crippen LogP contribution in [0.25, 0.3) is 5.65 Å². The molecular formula is C12H16N4O. The second-order valence-electron chi connectivity index (χ2n) is 4.33. The number of carbonyl (C=O) groups excluding carboxylic acids is 1. The Morgan fingerprint density at radius 1 is 1.47 bits per heavy atom. The first-order chi connectivity index (χ1) is 8.09. The summed E-state index contributed by atoms with van der Waals surface area (Å²) in [6, 6.07) is 5.30. The van der Waals surface area contributed by atoms with Crippen molar-refractivity contribution in [1.29, 1.82) is 0 Å². The largest absolute Gasteiger partial charge is 0.368 e. The molecule has 0 radical (unpaired) electrons. The maximum atomic E-state index is 11.4. The molecule has 3 N–H and O–H groups in total. The van der Waals surface area contributed by atoms with Gasteiger partial charge < -0.3 is 11.1 Å². The summed E-state index contributed by atoms with van der Waals surface area (Å²) in [4.78, 5) is 15.5. The van der Waals surface area contributed by atoms with Crippen LogP contribution in [0.2, 0.25) is 0 Å². The molecule has 2 aromatic heterocycles. The Hall–Kier alpha value is -2.04. The van der Waals surface area contributed by atoms with Crippen LogP contribution in [0.1, 0.15) is 13.8 Å². The molecule has 0 aliphatic rings. The molecule has 0 fully saturated rings. The fourth-order valence-electron chi connectivity index (χ4n) is 1.79. The normalized spacial score (nSPS) is 12.9. The summed E-state index contributed by atoms with van der Waals surface area (Å²) >= 11 is 0. The molecule has 5 heteroatoms. The fraction of sp³-hybridized carbons (Fsp3) is 0.333. The Labute approximate surface area is 99.6 Å². The van der Waals surface area contributed by atoms with Crippen molar-refractivity contribution in [3.63, 3.8) is 0 Å². The molecule has 1 unspecified atom stereocenters. The van der Waals surface area contributed by atoms with Gasteiger partial charge in [0.1, 0.15) is 17.5 Å². The Morgan fingerprint density at radius 2 is 2.24 bits per heavy atom. The van der Waals surface area contributed by atoms with Gasteiger partial charge in [0, 0.05) is 12.4 Å². The summed E-state index contributed by atoms with van der Waals surface area (Å²) < 4.78 is 1.89. The molecule has 2 rings (SSSR count). The molecule has 0 aromatic carbocycles. The number of imidazole rings is 1. The predicted octanol–water partition coefficient (Wildman–Crippen LogP) is 1.26. The molecule has 1 amide bonds. The number of carbonyl (C=O) groups is 1. The van der Waals surface area contributed by atoms with Gasteiger partial charge in [-0.25, -0.2) is 4.98 Å². The van der Waals surface area contributed by atoms with Gasteiger partial charge >= 0.3 is 0 Å². The van der Waals surface area contributed by atoms with E-state index in [2.05, 4.69) is 10.3 Å². The number of nitrogens with one attached hydrogen (secondary N) is 1. The van der Waals surface area contributed by atoms with Gasteiger partial charge in [-0.3, -0.25) is 9.20 Å². The van der Waals surface area contributed by atoms with Crippen molar-refractivity contribution in [3.8, 4) is 0 Å². The van der Waals surface area contributed by atoms with E-state index in [9.17, 15) is 4.79 Å². The van der Waals surface area contributed by atoms with Crippen molar-refractivity contribution < 1.29 is 4.79 Å². The van der Waals surface area contributed by atoms with Crippen LogP contribution < -0.4 is 11.1 Å². The number of amides is 1. The van der Waals surface area contributed by atoms with Crippen LogP contribution in [0.4, 0.5) is 5.82 Å². The molecule has 0 bridgehead atoms. The number of anilines is 1. The second kappa shape index (κ2) is 4.45. The Balaban J connectivity index is 2.34. The van der Waals surface area contributed by atoms with Crippen LogP contribution in [0.5, 0.6) is 0 Å². The van der Waals surface area contributed by atoms with Crippen molar-refractivity contribution in [2.75, 3.05) is 5.32 Å². The highest BCUT2D eigenvalue weighted by atomic mass is 16.1. The van der Waals surface area contributed by atoms with Crippen molar-refractivity contribution in [1.82, 2.24) is 9.38 Å². The van der Waals surface area contributed by atoms with E-state index in [1.807, 2.05) is 42.6 Å². The zero-order valence-corrected chi connectivity index (χ0v) is 9.92. The van der Waals surface area contributed by atoms with Gasteiger partial charge in [0.05, 0.1) is 0 Å². The topological polar surface area (TPSA) is 72.4 Å². The smallest absolute Gasteiger partial charge is 0.240 e. The standard InChI is InChI=1S/C12H16N4O/c1-8(2)11(12(13)17)15-10-5-3-4-9-14-6-7-16(9)10/h3-8,11,15H,1-2H3,(H2,13,17). The number of pyridine rings is 1. The van der Waals surface area contributed by atoms with Gasteiger partial charge in [0.2, 0.25) is 5.91 Å². The van der Waals surface area contributed by atoms with Crippen molar-refractivity contribution >= 4 is 17.4 Å². The Bertz CT molecular complexity index is 532. The third kappa shape index (κ3) is 2.22. The first kappa shape index (κ1) is 11.4. The number of fused-ring (bicyclic) bond motifs is 1. The SMILES string of the molecule is CC(C)C(Nc1cccc2nccn12)C(N)=O. The molecule has 90 valence electrons. The van der Waals surface area contributed by atoms with Gasteiger partial charge in [0.15, 0.2) is 0 Å². The van der Waals surface area contributed by atoms with Crippen LogP contribution in [0.15, 0.2) is 30.6 Å². The Morgan fingerprint density at radius 3 is 2.88 bits per heavy atom. The summed E-state index contributed by atoms with van der Waals surface area (Å²) in [6.07, 6.45) is 3.56. The highest BCUT2D eigenvalue weighted by Crippen LogP contribution is 2.14. The van der Waals surface area contributed by atoms with E-state index in [4.69, 9.17) is 5.73 Å². The van der Waals surface area contributed by atoms with E-state index in [-0.39, 0.29) is 17.9 Å². The van der Waals surface area contributed by atoms with Gasteiger partial charge in [-0.2, -0.15) is 0 Å². The van der Waals surface area contributed by atoms with E-state index >= 15 is 0 Å². The van der Waals surface area contributed by atoms with Crippen LogP contribution in [0.3, 0.4) is 0 Å². The predicted molar refractivity (Wildman–Crippen MR) is 66.6 cm³/mol. The van der Waals surface area contributed by atoms with Gasteiger partial charge in [-0.15, -0.1) is 0 Å². The van der Waals surface area contributed by atoms with Crippen molar-refractivity contribution in [2.45, 2.75) is 19.9 Å². The number of primary amides is 1. The summed E-state index contributed by atoms with van der Waals surface area (Å²) in [6.45, 7) is 3.91. The lowest BCUT2D eigenvalue weighted by Crippen LogP contribution is -2.39. The fourth-order valence-corrected chi connectivity index (χ4v) is 1.79. The molecule has 0 spiro atoms. The summed E-state index contributed by atoms with van der Waals surface area (Å²) in [7, 11) is 0. The highest BCUT2D eigenvalue weighted by molar-refractivity contribution is 5.83. The number of hydrogen-bond acceptors (Lipinski definition) is 3. The molecule has 2 aromatic rings. The third-order valence-electron chi connectivity index (χ3n) is 2.70. The lowest BCUT2D eigenvalue weighted by atomic mass is 10.0. The average Bonchev–Trinajstić information content (AvgIpc) is 2.73. The maximum absolute atomic E-state index is 11.4. The first-order valence-corrected chi connectivity index (χ1v) is 5.57. The minimum Gasteiger partial charge on any atom is -0.368 e.